The maximum atomic E-state index is 13.8. The minimum Gasteiger partial charge on any atom is -0.444 e. The van der Waals surface area contributed by atoms with Crippen molar-refractivity contribution in [1.82, 2.24) is 20.1 Å². The molecule has 0 aliphatic carbocycles. The first kappa shape index (κ1) is 24.1. The maximum absolute atomic E-state index is 13.8. The number of likely N-dealkylation sites (tertiary alicyclic amines) is 2. The molecule has 2 saturated heterocycles. The van der Waals surface area contributed by atoms with E-state index in [2.05, 4.69) is 10.3 Å². The summed E-state index contributed by atoms with van der Waals surface area (Å²) in [4.78, 5) is 46.4. The minimum absolute atomic E-state index is 0.0881. The highest BCUT2D eigenvalue weighted by Gasteiger charge is 2.54. The van der Waals surface area contributed by atoms with Gasteiger partial charge in [-0.05, 0) is 51.7 Å². The third-order valence-electron chi connectivity index (χ3n) is 6.76. The number of nitrogens with one attached hydrogen (secondary N) is 2. The van der Waals surface area contributed by atoms with Gasteiger partial charge in [-0.3, -0.25) is 9.59 Å². The van der Waals surface area contributed by atoms with Gasteiger partial charge in [-0.1, -0.05) is 39.0 Å². The first-order valence-corrected chi connectivity index (χ1v) is 12.0. The lowest BCUT2D eigenvalue weighted by atomic mass is 9.85. The molecular formula is C26H36N4O4. The summed E-state index contributed by atoms with van der Waals surface area (Å²) < 4.78 is 5.57. The monoisotopic (exact) mass is 468 g/mol. The summed E-state index contributed by atoms with van der Waals surface area (Å²) in [6.45, 7) is 13.8. The molecule has 2 aliphatic rings. The van der Waals surface area contributed by atoms with Crippen LogP contribution >= 0.6 is 0 Å². The van der Waals surface area contributed by atoms with Gasteiger partial charge in [0.25, 0.3) is 5.91 Å². The number of aromatic nitrogens is 1. The van der Waals surface area contributed by atoms with E-state index in [1.165, 1.54) is 0 Å². The van der Waals surface area contributed by atoms with Crippen LogP contribution in [0.5, 0.6) is 0 Å². The molecule has 0 radical (unpaired) electrons. The van der Waals surface area contributed by atoms with Crippen molar-refractivity contribution in [2.75, 3.05) is 6.54 Å². The molecule has 2 N–H and O–H groups in total. The second kappa shape index (κ2) is 8.32. The summed E-state index contributed by atoms with van der Waals surface area (Å²) in [6.07, 6.45) is 0.386. The Bertz CT molecular complexity index is 1070. The Kier molecular flexibility index (Phi) is 5.90. The number of nitrogens with zero attached hydrogens (tertiary/aromatic N) is 2. The number of ether oxygens (including phenoxy) is 1. The molecule has 4 atom stereocenters. The van der Waals surface area contributed by atoms with Crippen molar-refractivity contribution in [3.05, 3.63) is 36.0 Å². The lowest BCUT2D eigenvalue weighted by Crippen LogP contribution is -2.62. The third kappa shape index (κ3) is 4.50. The van der Waals surface area contributed by atoms with E-state index >= 15 is 0 Å². The van der Waals surface area contributed by atoms with Crippen LogP contribution in [0, 0.1) is 5.41 Å². The van der Waals surface area contributed by atoms with E-state index in [4.69, 9.17) is 4.74 Å². The van der Waals surface area contributed by atoms with Crippen LogP contribution in [0.15, 0.2) is 30.3 Å². The Morgan fingerprint density at radius 2 is 1.79 bits per heavy atom. The topological polar surface area (TPSA) is 94.7 Å². The number of piperazine rings is 1. The zero-order valence-electron chi connectivity index (χ0n) is 21.1. The van der Waals surface area contributed by atoms with E-state index < -0.39 is 17.1 Å². The average Bonchev–Trinajstić information content (AvgIpc) is 3.41. The first-order chi connectivity index (χ1) is 15.8. The van der Waals surface area contributed by atoms with Gasteiger partial charge in [-0.25, -0.2) is 4.79 Å². The normalized spacial score (nSPS) is 23.3. The van der Waals surface area contributed by atoms with Crippen molar-refractivity contribution in [3.8, 4) is 0 Å². The van der Waals surface area contributed by atoms with Crippen molar-refractivity contribution in [2.24, 2.45) is 5.41 Å². The fourth-order valence-corrected chi connectivity index (χ4v) is 5.13. The number of hydrogen-bond acceptors (Lipinski definition) is 4. The van der Waals surface area contributed by atoms with Crippen LogP contribution in [0.4, 0.5) is 4.79 Å². The smallest absolute Gasteiger partial charge is 0.410 e. The molecule has 8 heteroatoms. The summed E-state index contributed by atoms with van der Waals surface area (Å²) in [5.74, 6) is -0.419. The fourth-order valence-electron chi connectivity index (χ4n) is 5.13. The van der Waals surface area contributed by atoms with E-state index in [9.17, 15) is 14.4 Å². The van der Waals surface area contributed by atoms with Gasteiger partial charge in [0.1, 0.15) is 17.3 Å². The number of hydrogen-bond donors (Lipinski definition) is 2. The van der Waals surface area contributed by atoms with Crippen LogP contribution < -0.4 is 5.32 Å². The van der Waals surface area contributed by atoms with Crippen LogP contribution in [0.3, 0.4) is 0 Å². The molecule has 1 aromatic carbocycles. The quantitative estimate of drug-likeness (QED) is 0.714. The molecule has 4 rings (SSSR count). The predicted octanol–water partition coefficient (Wildman–Crippen LogP) is 3.92. The highest BCUT2D eigenvalue weighted by atomic mass is 16.6. The Labute approximate surface area is 201 Å². The Hall–Kier alpha value is -3.03. The Morgan fingerprint density at radius 1 is 1.12 bits per heavy atom. The van der Waals surface area contributed by atoms with Crippen LogP contribution in [0.2, 0.25) is 0 Å². The molecule has 2 aliphatic heterocycles. The number of carbonyl (C=O) groups is 3. The zero-order valence-corrected chi connectivity index (χ0v) is 21.1. The molecule has 2 bridgehead atoms. The van der Waals surface area contributed by atoms with E-state index in [0.717, 1.165) is 17.3 Å². The highest BCUT2D eigenvalue weighted by Crippen LogP contribution is 2.38. The second-order valence-electron chi connectivity index (χ2n) is 11.6. The SMILES string of the molecule is CC1C2CC(CN2C(=O)OC(C)(C)C)N1C(=O)C(NC(=O)c1cc2ccccc2[nH]1)C(C)(C)C. The number of amides is 3. The molecule has 8 nitrogen and oxygen atoms in total. The van der Waals surface area contributed by atoms with Crippen LogP contribution in [0.1, 0.15) is 65.4 Å². The van der Waals surface area contributed by atoms with Gasteiger partial charge in [-0.15, -0.1) is 0 Å². The number of aromatic amines is 1. The number of rotatable bonds is 3. The van der Waals surface area contributed by atoms with Gasteiger partial charge >= 0.3 is 6.09 Å². The van der Waals surface area contributed by atoms with Gasteiger partial charge in [0, 0.05) is 23.5 Å². The summed E-state index contributed by atoms with van der Waals surface area (Å²) in [7, 11) is 0. The molecule has 3 amide bonds. The van der Waals surface area contributed by atoms with Gasteiger partial charge < -0.3 is 24.8 Å². The van der Waals surface area contributed by atoms with Gasteiger partial charge in [0.2, 0.25) is 5.91 Å². The Balaban J connectivity index is 1.50. The first-order valence-electron chi connectivity index (χ1n) is 12.0. The van der Waals surface area contributed by atoms with Crippen molar-refractivity contribution in [2.45, 2.75) is 84.7 Å². The standard InChI is InChI=1S/C26H36N4O4/c1-15-20-13-17(14-29(20)24(33)34-26(5,6)7)30(15)23(32)21(25(2,3)4)28-22(31)19-12-16-10-8-9-11-18(16)27-19/h8-12,15,17,20-21,27H,13-14H2,1-7H3,(H,28,31). The molecule has 184 valence electrons. The fraction of sp³-hybridized carbons (Fsp3) is 0.577. The lowest BCUT2D eigenvalue weighted by molar-refractivity contribution is -0.141. The number of para-hydroxylation sites is 1. The number of fused-ring (bicyclic) bond motifs is 3. The molecule has 1 aromatic heterocycles. The molecule has 2 fully saturated rings. The molecule has 0 saturated carbocycles. The van der Waals surface area contributed by atoms with Gasteiger partial charge in [0.05, 0.1) is 12.1 Å². The second-order valence-corrected chi connectivity index (χ2v) is 11.6. The van der Waals surface area contributed by atoms with Crippen molar-refractivity contribution in [1.29, 1.82) is 0 Å². The van der Waals surface area contributed by atoms with Crippen molar-refractivity contribution < 1.29 is 19.1 Å². The van der Waals surface area contributed by atoms with Crippen LogP contribution in [-0.4, -0.2) is 69.0 Å². The van der Waals surface area contributed by atoms with Crippen LogP contribution in [-0.2, 0) is 9.53 Å². The largest absolute Gasteiger partial charge is 0.444 e. The van der Waals surface area contributed by atoms with E-state index in [0.29, 0.717) is 12.2 Å². The molecule has 0 spiro atoms. The van der Waals surface area contributed by atoms with E-state index in [1.807, 2.05) is 77.6 Å². The molecular weight excluding hydrogens is 432 g/mol. The summed E-state index contributed by atoms with van der Waals surface area (Å²) in [5, 5.41) is 3.93. The Morgan fingerprint density at radius 3 is 2.38 bits per heavy atom. The summed E-state index contributed by atoms with van der Waals surface area (Å²) in [5.41, 5.74) is 0.238. The van der Waals surface area contributed by atoms with E-state index in [1.54, 1.807) is 11.0 Å². The highest BCUT2D eigenvalue weighted by molar-refractivity contribution is 6.00. The molecule has 4 unspecified atom stereocenters. The van der Waals surface area contributed by atoms with Crippen molar-refractivity contribution >= 4 is 28.8 Å². The third-order valence-corrected chi connectivity index (χ3v) is 6.76. The molecule has 34 heavy (non-hydrogen) atoms. The number of carbonyl (C=O) groups excluding carboxylic acids is 3. The summed E-state index contributed by atoms with van der Waals surface area (Å²) in [6, 6.07) is 8.44. The van der Waals surface area contributed by atoms with Crippen molar-refractivity contribution in [3.63, 3.8) is 0 Å². The minimum atomic E-state index is -0.705. The van der Waals surface area contributed by atoms with Gasteiger partial charge in [0.15, 0.2) is 0 Å². The van der Waals surface area contributed by atoms with E-state index in [-0.39, 0.29) is 36.0 Å². The van der Waals surface area contributed by atoms with Gasteiger partial charge in [-0.2, -0.15) is 0 Å². The predicted molar refractivity (Wildman–Crippen MR) is 130 cm³/mol. The van der Waals surface area contributed by atoms with Crippen LogP contribution in [0.25, 0.3) is 10.9 Å². The molecule has 3 heterocycles. The summed E-state index contributed by atoms with van der Waals surface area (Å²) >= 11 is 0. The zero-order chi connectivity index (χ0) is 25.0. The lowest BCUT2D eigenvalue weighted by Gasteiger charge is -2.43. The number of H-pyrrole nitrogens is 1. The average molecular weight is 469 g/mol. The number of benzene rings is 1. The maximum Gasteiger partial charge on any atom is 0.410 e. The molecule has 2 aromatic rings.